The Labute approximate surface area is 100 Å². The molecule has 0 saturated carbocycles. The van der Waals surface area contributed by atoms with E-state index in [-0.39, 0.29) is 22.7 Å². The lowest BCUT2D eigenvalue weighted by Crippen LogP contribution is -2.40. The molecule has 0 rings (SSSR count). The Morgan fingerprint density at radius 3 is 2.00 bits per heavy atom. The molecule has 0 aromatic rings. The first-order valence-corrected chi connectivity index (χ1v) is 5.86. The lowest BCUT2D eigenvalue weighted by atomic mass is 9.71. The van der Waals surface area contributed by atoms with Crippen molar-refractivity contribution in [3.8, 4) is 0 Å². The average molecular weight is 228 g/mol. The molecule has 0 fully saturated rings. The van der Waals surface area contributed by atoms with Crippen molar-refractivity contribution in [2.45, 2.75) is 48.0 Å². The summed E-state index contributed by atoms with van der Waals surface area (Å²) in [5.74, 6) is 0.0772. The fourth-order valence-corrected chi connectivity index (χ4v) is 1.70. The molecule has 0 aliphatic carbocycles. The van der Waals surface area contributed by atoms with Crippen molar-refractivity contribution in [2.24, 2.45) is 16.7 Å². The predicted molar refractivity (Wildman–Crippen MR) is 69.9 cm³/mol. The number of hydrogen-bond acceptors (Lipinski definition) is 2. The van der Waals surface area contributed by atoms with Gasteiger partial charge in [0.15, 0.2) is 0 Å². The molecule has 0 saturated heterocycles. The van der Waals surface area contributed by atoms with Gasteiger partial charge in [-0.25, -0.2) is 12.5 Å². The number of thiol groups is 1. The van der Waals surface area contributed by atoms with Gasteiger partial charge in [0.05, 0.1) is 0 Å². The molecule has 0 aliphatic heterocycles. The van der Waals surface area contributed by atoms with E-state index in [4.69, 9.17) is 0 Å². The van der Waals surface area contributed by atoms with E-state index in [1.54, 1.807) is 0 Å². The van der Waals surface area contributed by atoms with E-state index in [1.165, 1.54) is 6.69 Å². The highest BCUT2D eigenvalue weighted by molar-refractivity contribution is 8.06. The van der Waals surface area contributed by atoms with Crippen LogP contribution in [0.5, 0.6) is 0 Å². The molecule has 0 bridgehead atoms. The van der Waals surface area contributed by atoms with Crippen LogP contribution < -0.4 is 5.23 Å². The number of carbonyl (C=O) groups excluding carboxylic acids is 1. The Bertz CT molecular complexity index is 218. The summed E-state index contributed by atoms with van der Waals surface area (Å²) in [6.45, 7) is 14.2. The SMILES string of the molecule is CC(C)(C)CC(C(=O)N[B]S)C(C)(C)C. The monoisotopic (exact) mass is 228 g/mol. The molecule has 2 nitrogen and oxygen atoms in total. The number of hydrogen-bond donors (Lipinski definition) is 2. The van der Waals surface area contributed by atoms with Gasteiger partial charge in [0.2, 0.25) is 5.91 Å². The molecule has 0 aromatic heterocycles. The first-order valence-electron chi connectivity index (χ1n) is 5.34. The maximum Gasteiger partial charge on any atom is 0.322 e. The van der Waals surface area contributed by atoms with E-state index < -0.39 is 0 Å². The minimum absolute atomic E-state index is 0.0147. The van der Waals surface area contributed by atoms with Gasteiger partial charge in [-0.2, -0.15) is 0 Å². The second-order valence-corrected chi connectivity index (χ2v) is 6.58. The van der Waals surface area contributed by atoms with Crippen molar-refractivity contribution in [3.63, 3.8) is 0 Å². The van der Waals surface area contributed by atoms with Crippen LogP contribution in [-0.2, 0) is 4.79 Å². The molecule has 1 unspecified atom stereocenters. The highest BCUT2D eigenvalue weighted by Gasteiger charge is 2.34. The van der Waals surface area contributed by atoms with E-state index in [0.29, 0.717) is 0 Å². The zero-order chi connectivity index (χ0) is 12.3. The Balaban J connectivity index is 4.68. The van der Waals surface area contributed by atoms with Crippen LogP contribution in [0.25, 0.3) is 0 Å². The first-order chi connectivity index (χ1) is 6.58. The van der Waals surface area contributed by atoms with Gasteiger partial charge < -0.3 is 5.23 Å². The predicted octanol–water partition coefficient (Wildman–Crippen LogP) is 2.67. The summed E-state index contributed by atoms with van der Waals surface area (Å²) >= 11 is 3.90. The largest absolute Gasteiger partial charge is 0.393 e. The Morgan fingerprint density at radius 2 is 1.73 bits per heavy atom. The van der Waals surface area contributed by atoms with E-state index in [0.717, 1.165) is 6.42 Å². The fraction of sp³-hybridized carbons (Fsp3) is 0.909. The molecular formula is C11H23BNOS. The molecular weight excluding hydrogens is 205 g/mol. The molecule has 87 valence electrons. The molecule has 1 atom stereocenters. The Morgan fingerprint density at radius 1 is 1.27 bits per heavy atom. The summed E-state index contributed by atoms with van der Waals surface area (Å²) in [6, 6.07) is 0. The number of carbonyl (C=O) groups is 1. The second kappa shape index (κ2) is 5.28. The summed E-state index contributed by atoms with van der Waals surface area (Å²) in [7, 11) is 0. The minimum Gasteiger partial charge on any atom is -0.393 e. The Kier molecular flexibility index (Phi) is 5.24. The van der Waals surface area contributed by atoms with E-state index >= 15 is 0 Å². The van der Waals surface area contributed by atoms with Crippen LogP contribution in [0, 0.1) is 16.7 Å². The van der Waals surface area contributed by atoms with Gasteiger partial charge in [0, 0.05) is 5.92 Å². The van der Waals surface area contributed by atoms with E-state index in [9.17, 15) is 4.79 Å². The molecule has 0 aliphatic rings. The zero-order valence-electron chi connectivity index (χ0n) is 10.7. The first kappa shape index (κ1) is 14.9. The van der Waals surface area contributed by atoms with E-state index in [2.05, 4.69) is 59.3 Å². The van der Waals surface area contributed by atoms with Gasteiger partial charge in [0.25, 0.3) is 0 Å². The molecule has 4 heteroatoms. The molecule has 1 N–H and O–H groups in total. The molecule has 1 amide bonds. The highest BCUT2D eigenvalue weighted by Crippen LogP contribution is 2.35. The topological polar surface area (TPSA) is 29.1 Å². The summed E-state index contributed by atoms with van der Waals surface area (Å²) in [5, 5.41) is 2.68. The zero-order valence-corrected chi connectivity index (χ0v) is 11.6. The number of nitrogens with one attached hydrogen (secondary N) is 1. The van der Waals surface area contributed by atoms with Crippen molar-refractivity contribution < 1.29 is 4.79 Å². The third-order valence-electron chi connectivity index (χ3n) is 2.39. The molecule has 0 spiro atoms. The average Bonchev–Trinajstić information content (AvgIpc) is 1.97. The summed E-state index contributed by atoms with van der Waals surface area (Å²) in [5.41, 5.74) is 0.139. The maximum atomic E-state index is 11.9. The Hall–Kier alpha value is -0.115. The van der Waals surface area contributed by atoms with Crippen molar-refractivity contribution in [3.05, 3.63) is 0 Å². The van der Waals surface area contributed by atoms with Crippen LogP contribution in [0.3, 0.4) is 0 Å². The van der Waals surface area contributed by atoms with Gasteiger partial charge in [0.1, 0.15) is 0 Å². The lowest BCUT2D eigenvalue weighted by molar-refractivity contribution is -0.127. The standard InChI is InChI=1S/C11H23BNOS/c1-10(2,3)7-8(11(4,5)6)9(14)13-12-15/h8,15H,7H2,1-6H3,(H,13,14). The molecule has 1 radical (unpaired) electrons. The van der Waals surface area contributed by atoms with Gasteiger partial charge in [-0.05, 0) is 17.3 Å². The van der Waals surface area contributed by atoms with Crippen molar-refractivity contribution >= 4 is 25.1 Å². The van der Waals surface area contributed by atoms with Gasteiger partial charge >= 0.3 is 6.69 Å². The highest BCUT2D eigenvalue weighted by atomic mass is 32.1. The van der Waals surface area contributed by atoms with Crippen LogP contribution in [0.1, 0.15) is 48.0 Å². The fourth-order valence-electron chi connectivity index (χ4n) is 1.57. The van der Waals surface area contributed by atoms with Gasteiger partial charge in [-0.15, -0.1) is 0 Å². The van der Waals surface area contributed by atoms with Crippen LogP contribution in [0.2, 0.25) is 0 Å². The molecule has 0 aromatic carbocycles. The smallest absolute Gasteiger partial charge is 0.322 e. The van der Waals surface area contributed by atoms with Crippen LogP contribution in [-0.4, -0.2) is 12.6 Å². The maximum absolute atomic E-state index is 11.9. The molecule has 0 heterocycles. The number of amides is 1. The van der Waals surface area contributed by atoms with Crippen LogP contribution >= 0.6 is 12.5 Å². The van der Waals surface area contributed by atoms with Crippen molar-refractivity contribution in [1.82, 2.24) is 5.23 Å². The van der Waals surface area contributed by atoms with Crippen LogP contribution in [0.4, 0.5) is 0 Å². The number of rotatable bonds is 3. The summed E-state index contributed by atoms with van der Waals surface area (Å²) in [6.07, 6.45) is 0.879. The molecule has 15 heavy (non-hydrogen) atoms. The lowest BCUT2D eigenvalue weighted by Gasteiger charge is -2.34. The minimum atomic E-state index is -0.0197. The third-order valence-corrected chi connectivity index (χ3v) is 2.51. The van der Waals surface area contributed by atoms with Gasteiger partial charge in [-0.1, -0.05) is 41.5 Å². The quantitative estimate of drug-likeness (QED) is 0.564. The van der Waals surface area contributed by atoms with E-state index in [1.807, 2.05) is 0 Å². The van der Waals surface area contributed by atoms with Gasteiger partial charge in [-0.3, -0.25) is 4.79 Å². The normalized spacial score (nSPS) is 14.6. The second-order valence-electron chi connectivity index (χ2n) is 6.32. The van der Waals surface area contributed by atoms with Crippen molar-refractivity contribution in [2.75, 3.05) is 0 Å². The van der Waals surface area contributed by atoms with Crippen LogP contribution in [0.15, 0.2) is 0 Å². The summed E-state index contributed by atoms with van der Waals surface area (Å²) < 4.78 is 0. The summed E-state index contributed by atoms with van der Waals surface area (Å²) in [4.78, 5) is 11.9. The van der Waals surface area contributed by atoms with Crippen molar-refractivity contribution in [1.29, 1.82) is 0 Å². The third kappa shape index (κ3) is 6.13.